The number of aliphatic imine (C=N–C) groups is 1. The van der Waals surface area contributed by atoms with E-state index in [-0.39, 0.29) is 49.1 Å². The largest absolute Gasteiger partial charge is 0.483 e. The van der Waals surface area contributed by atoms with Crippen LogP contribution in [0.25, 0.3) is 22.3 Å². The van der Waals surface area contributed by atoms with Crippen LogP contribution in [-0.4, -0.2) is 337 Å². The van der Waals surface area contributed by atoms with Gasteiger partial charge in [-0.05, 0) is 57.2 Å². The first-order valence-corrected chi connectivity index (χ1v) is 49.6. The summed E-state index contributed by atoms with van der Waals surface area (Å²) in [6, 6.07) is 1.19. The summed E-state index contributed by atoms with van der Waals surface area (Å²) in [5, 5.41) is 45.6. The number of imidazole rings is 2. The fourth-order valence-corrected chi connectivity index (χ4v) is 19.6. The molecule has 0 bridgehead atoms. The van der Waals surface area contributed by atoms with Gasteiger partial charge in [0.15, 0.2) is 65.8 Å². The van der Waals surface area contributed by atoms with Crippen molar-refractivity contribution in [3.63, 3.8) is 0 Å². The minimum atomic E-state index is -5.64. The van der Waals surface area contributed by atoms with E-state index in [2.05, 4.69) is 74.6 Å². The van der Waals surface area contributed by atoms with Gasteiger partial charge in [0.05, 0.1) is 58.3 Å². The molecule has 8 fully saturated rings. The van der Waals surface area contributed by atoms with Crippen LogP contribution in [0.15, 0.2) is 30.3 Å². The maximum Gasteiger partial charge on any atom is 0.483 e. The maximum absolute atomic E-state index is 13.0. The van der Waals surface area contributed by atoms with E-state index in [9.17, 15) is 82.1 Å². The number of carbonyl (C=O) groups is 6. The fourth-order valence-electron chi connectivity index (χ4n) is 15.8. The van der Waals surface area contributed by atoms with Gasteiger partial charge in [-0.3, -0.25) is 56.0 Å². The number of fused-ring (bicyclic) bond motifs is 2. The number of aliphatic hydroxyl groups is 4. The number of rotatable bonds is 30. The molecule has 6 saturated heterocycles. The van der Waals surface area contributed by atoms with Gasteiger partial charge in [0, 0.05) is 85.6 Å². The Labute approximate surface area is 762 Å². The van der Waals surface area contributed by atoms with Gasteiger partial charge in [-0.1, -0.05) is 87.0 Å². The average Bonchev–Trinajstić information content (AvgIpc) is 1.57. The van der Waals surface area contributed by atoms with Gasteiger partial charge < -0.3 is 128 Å². The number of nitrogen functional groups attached to an aromatic ring is 2. The summed E-state index contributed by atoms with van der Waals surface area (Å²) in [5.74, 6) is -5.12. The van der Waals surface area contributed by atoms with Crippen LogP contribution in [0.3, 0.4) is 0 Å². The number of aromatic nitrogens is 8. The Morgan fingerprint density at radius 3 is 1.34 bits per heavy atom. The van der Waals surface area contributed by atoms with Crippen LogP contribution < -0.4 is 16.8 Å². The van der Waals surface area contributed by atoms with Gasteiger partial charge in [-0.2, -0.15) is 4.31 Å². The normalized spacial score (nSPS) is 29.3. The highest BCUT2D eigenvalue weighted by Crippen LogP contribution is 2.62. The van der Waals surface area contributed by atoms with Gasteiger partial charge in [-0.25, -0.2) is 57.8 Å². The lowest BCUT2D eigenvalue weighted by atomic mass is 9.81. The number of hydrogen-bond donors (Lipinski definition) is 12. The summed E-state index contributed by atoms with van der Waals surface area (Å²) in [6.45, 7) is 26.1. The van der Waals surface area contributed by atoms with Crippen LogP contribution in [0.1, 0.15) is 167 Å². The van der Waals surface area contributed by atoms with Crippen LogP contribution in [0.5, 0.6) is 0 Å². The van der Waals surface area contributed by atoms with Crippen molar-refractivity contribution in [1.29, 1.82) is 0 Å². The van der Waals surface area contributed by atoms with Gasteiger partial charge >= 0.3 is 67.0 Å². The average molecular weight is 1960 g/mol. The summed E-state index contributed by atoms with van der Waals surface area (Å²) in [4.78, 5) is 152. The zero-order valence-electron chi connectivity index (χ0n) is 76.0. The number of nitrogens with one attached hydrogen (secondary N) is 1. The molecule has 748 valence electrons. The Morgan fingerprint density at radius 2 is 0.939 bits per heavy atom. The maximum atomic E-state index is 13.0. The molecule has 14 N–H and O–H groups in total. The van der Waals surface area contributed by atoms with Crippen molar-refractivity contribution in [2.45, 2.75) is 265 Å². The number of ether oxygens (including phenoxy) is 12. The Morgan fingerprint density at radius 1 is 0.523 bits per heavy atom. The second-order valence-corrected chi connectivity index (χ2v) is 38.5. The van der Waals surface area contributed by atoms with Gasteiger partial charge in [-0.15, -0.1) is 0 Å². The molecule has 4 aromatic heterocycles. The number of phosphoric ester groups is 3. The van der Waals surface area contributed by atoms with Crippen LogP contribution in [0.4, 0.5) is 11.6 Å². The van der Waals surface area contributed by atoms with Crippen molar-refractivity contribution in [3.05, 3.63) is 25.3 Å². The van der Waals surface area contributed by atoms with E-state index in [4.69, 9.17) is 96.7 Å². The molecule has 12 rings (SSSR count). The smallest absolute Gasteiger partial charge is 0.462 e. The SMILES string of the molecule is C1CCC(N=C(NC2CCCCC2)N2CCOCC2)CC1.CC(=O)OC[C@H](OC(C)=O)C1O[C@@H](OP(=O)(O)O)C(OC(C)=O)[C@@H](C)[C@@H]1C.CC(=O)OC[C@H](OC(C)=O)C1O[C@@H](OP(=O)(O)OP(=O)(O)OC[C@H]2O[C@@H](n3cnc4c(N)ncnc43)[C@@H](O)C2O)C(OC(C)=O)[C@@H](C)[C@@H]1C.CCN(CC)CC.Nc1ncnc2c1ncn2[C@@H]1O[C@H](COP(=O)(O)N2CCOCC2)C(O)[C@@H]1O. The lowest BCUT2D eigenvalue weighted by Gasteiger charge is -2.45. The number of hydrogen-bond acceptors (Lipinski definition) is 41. The second-order valence-electron chi connectivity index (χ2n) is 32.5. The lowest BCUT2D eigenvalue weighted by molar-refractivity contribution is -0.271. The standard InChI is InChI=1S/C25H37N5O17P2.C17H31N3O.C15H25O11P.C14H21N6O7P.C6H15N/c1-10-11(2)21(43-14(5)33)25(45-20(10)16(42-13(4)32)6-40-12(3)31)46-49(38,39)47-48(36,37)41-7-15-18(34)19(35)24(44-15)30-9-29-17-22(26)27-8-28-23(17)30;1-3-7-15(8-4-1)18-17(20-11-13-21-14-12-20)19-16-9-5-2-6-10-16;1-7-8(2)14(24-11(5)18)15(26-27(19,20)21)25-13(7)12(23-10(4)17)6-22-9(3)16;15-12-9-13(17-6-16-12)20(7-18-9)14-11(22)10(21)8(27-14)5-26-28(23,24)19-1-3-25-4-2-19;1-4-7(5-2)6-3/h8-11,15-16,18-21,24-25,34-35H,6-7H2,1-5H3,(H,36,37)(H,38,39)(H2,26,27,28);15-16H,1-14H2,(H,18,19);7-8,12-15H,6H2,1-5H3,(H2,19,20,21);6-8,10-11,14,21-22H,1-5H2,(H,23,24)(H2,15,16,17);4-6H2,1-3H3/t10-,11-,15+,16-,18?,19-,20?,21?,24+,25-;;7-,8-,12-,13?,14?,15-;8-,10?,11+,14-;/m0.01./s1. The van der Waals surface area contributed by atoms with E-state index < -0.39 is 202 Å². The number of guanidine groups is 1. The number of nitrogens with zero attached hydrogens (tertiary/aromatic N) is 12. The minimum absolute atomic E-state index is 0.0363. The number of anilines is 2. The predicted octanol–water partition coefficient (Wildman–Crippen LogP) is 2.98. The first-order chi connectivity index (χ1) is 62.3. The zero-order valence-corrected chi connectivity index (χ0v) is 79.6. The topological polar surface area (TPSA) is 683 Å². The van der Waals surface area contributed by atoms with Crippen molar-refractivity contribution < 1.29 is 171 Å². The van der Waals surface area contributed by atoms with Crippen LogP contribution in [-0.2, 0) is 126 Å². The van der Waals surface area contributed by atoms with Gasteiger partial charge in [0.1, 0.15) is 85.7 Å². The first-order valence-electron chi connectivity index (χ1n) is 43.6. The third-order valence-corrected chi connectivity index (χ3v) is 27.7. The molecule has 10 heterocycles. The summed E-state index contributed by atoms with van der Waals surface area (Å²) in [7, 11) is -20.2. The summed E-state index contributed by atoms with van der Waals surface area (Å²) < 4.78 is 141. The molecular weight excluding hydrogens is 1830 g/mol. The molecule has 55 heteroatoms. The Balaban J connectivity index is 0.000000222. The summed E-state index contributed by atoms with van der Waals surface area (Å²) >= 11 is 0. The monoisotopic (exact) mass is 1960 g/mol. The first kappa shape index (κ1) is 110. The van der Waals surface area contributed by atoms with E-state index >= 15 is 0 Å². The van der Waals surface area contributed by atoms with Crippen molar-refractivity contribution in [2.75, 3.05) is 110 Å². The molecule has 8 aliphatic rings. The van der Waals surface area contributed by atoms with Crippen molar-refractivity contribution in [1.82, 2.24) is 58.8 Å². The predicted molar refractivity (Wildman–Crippen MR) is 460 cm³/mol. The number of esters is 6. The number of carbonyl (C=O) groups excluding carboxylic acids is 6. The van der Waals surface area contributed by atoms with Gasteiger partial charge in [0.25, 0.3) is 0 Å². The molecular formula is C77H129N15O36P4. The molecule has 2 saturated carbocycles. The molecule has 6 aliphatic heterocycles. The van der Waals surface area contributed by atoms with Crippen molar-refractivity contribution >= 4 is 107 Å². The molecule has 0 aromatic carbocycles. The molecule has 51 nitrogen and oxygen atoms in total. The highest BCUT2D eigenvalue weighted by molar-refractivity contribution is 7.61. The number of nitrogens with two attached hydrogens (primary N) is 2. The quantitative estimate of drug-likeness (QED) is 0.0117. The third-order valence-electron chi connectivity index (χ3n) is 23.0. The van der Waals surface area contributed by atoms with Crippen molar-refractivity contribution in [2.24, 2.45) is 28.7 Å². The molecule has 4 aromatic rings. The van der Waals surface area contributed by atoms with Gasteiger partial charge in [0.2, 0.25) is 12.6 Å². The number of phosphoric acid groups is 3. The number of morpholine rings is 2. The summed E-state index contributed by atoms with van der Waals surface area (Å²) in [5.41, 5.74) is 12.5. The summed E-state index contributed by atoms with van der Waals surface area (Å²) in [6.07, 6.45) is -2.90. The van der Waals surface area contributed by atoms with Crippen LogP contribution >= 0.6 is 31.2 Å². The number of aliphatic hydroxyl groups excluding tert-OH is 4. The van der Waals surface area contributed by atoms with E-state index in [0.29, 0.717) is 36.5 Å². The van der Waals surface area contributed by atoms with E-state index in [1.165, 1.54) is 130 Å². The zero-order chi connectivity index (χ0) is 97.3. The second kappa shape index (κ2) is 51.3. The molecule has 2 aliphatic carbocycles. The lowest BCUT2D eigenvalue weighted by Crippen LogP contribution is -2.56. The van der Waals surface area contributed by atoms with Crippen LogP contribution in [0.2, 0.25) is 0 Å². The Bertz CT molecular complexity index is 4590. The highest BCUT2D eigenvalue weighted by atomic mass is 31.3. The van der Waals surface area contributed by atoms with E-state index in [1.807, 2.05) is 0 Å². The fraction of sp³-hybridized carbons (Fsp3) is 0.779. The molecule has 132 heavy (non-hydrogen) atoms. The Hall–Kier alpha value is -7.17. The molecule has 0 radical (unpaired) electrons. The minimum Gasteiger partial charge on any atom is -0.462 e. The van der Waals surface area contributed by atoms with Crippen LogP contribution in [0, 0.1) is 23.7 Å². The molecule has 9 unspecified atom stereocenters. The Kier molecular flexibility index (Phi) is 42.8. The van der Waals surface area contributed by atoms with E-state index in [0.717, 1.165) is 67.2 Å². The molecule has 0 amide bonds. The van der Waals surface area contributed by atoms with Crippen molar-refractivity contribution in [3.8, 4) is 0 Å². The molecule has 23 atom stereocenters. The molecule has 0 spiro atoms. The highest BCUT2D eigenvalue weighted by Gasteiger charge is 2.54. The third kappa shape index (κ3) is 32.5. The van der Waals surface area contributed by atoms with E-state index in [1.54, 1.807) is 27.7 Å².